The first kappa shape index (κ1) is 12.4. The standard InChI is InChI=1S/C16H15N3O/c17-14-9-5-4-8-12(14)16(20)15-13(10-18-19-15)11-6-2-1-3-7-11/h1-9,13,18H,10,17H2. The number of nitrogens with one attached hydrogen (secondary N) is 1. The zero-order chi connectivity index (χ0) is 13.9. The van der Waals surface area contributed by atoms with Gasteiger partial charge in [-0.1, -0.05) is 42.5 Å². The van der Waals surface area contributed by atoms with E-state index < -0.39 is 0 Å². The number of carbonyl (C=O) groups excluding carboxylic acids is 1. The van der Waals surface area contributed by atoms with Crippen molar-refractivity contribution < 1.29 is 4.79 Å². The van der Waals surface area contributed by atoms with Crippen LogP contribution in [0.5, 0.6) is 0 Å². The molecule has 0 saturated heterocycles. The lowest BCUT2D eigenvalue weighted by atomic mass is 9.90. The maximum atomic E-state index is 12.6. The molecule has 100 valence electrons. The van der Waals surface area contributed by atoms with Gasteiger partial charge in [0.25, 0.3) is 0 Å². The number of carbonyl (C=O) groups is 1. The van der Waals surface area contributed by atoms with E-state index in [4.69, 9.17) is 5.73 Å². The van der Waals surface area contributed by atoms with Crippen LogP contribution in [0, 0.1) is 0 Å². The second kappa shape index (κ2) is 5.17. The van der Waals surface area contributed by atoms with Crippen LogP contribution in [0.1, 0.15) is 21.8 Å². The minimum absolute atomic E-state index is 0.0247. The molecule has 0 spiro atoms. The normalized spacial score (nSPS) is 17.4. The summed E-state index contributed by atoms with van der Waals surface area (Å²) in [7, 11) is 0. The Labute approximate surface area is 117 Å². The molecular formula is C16H15N3O. The SMILES string of the molecule is Nc1ccccc1C(=O)C1=NNCC1c1ccccc1. The number of nitrogen functional groups attached to an aromatic ring is 1. The number of ketones is 1. The number of hydrazone groups is 1. The minimum atomic E-state index is -0.109. The highest BCUT2D eigenvalue weighted by atomic mass is 16.1. The third-order valence-corrected chi connectivity index (χ3v) is 3.46. The van der Waals surface area contributed by atoms with Gasteiger partial charge in [-0.3, -0.25) is 4.79 Å². The van der Waals surface area contributed by atoms with Crippen LogP contribution in [0.4, 0.5) is 5.69 Å². The maximum Gasteiger partial charge on any atom is 0.211 e. The number of para-hydroxylation sites is 1. The van der Waals surface area contributed by atoms with Crippen LogP contribution in [0.25, 0.3) is 0 Å². The monoisotopic (exact) mass is 265 g/mol. The zero-order valence-electron chi connectivity index (χ0n) is 10.9. The molecule has 3 rings (SSSR count). The molecule has 0 saturated carbocycles. The van der Waals surface area contributed by atoms with Gasteiger partial charge in [0.15, 0.2) is 0 Å². The molecule has 20 heavy (non-hydrogen) atoms. The zero-order valence-corrected chi connectivity index (χ0v) is 10.9. The summed E-state index contributed by atoms with van der Waals surface area (Å²) >= 11 is 0. The van der Waals surface area contributed by atoms with Crippen LogP contribution in [0.15, 0.2) is 59.7 Å². The molecule has 2 aromatic carbocycles. The van der Waals surface area contributed by atoms with Crippen LogP contribution >= 0.6 is 0 Å². The molecule has 4 nitrogen and oxygen atoms in total. The van der Waals surface area contributed by atoms with Crippen molar-refractivity contribution in [3.05, 3.63) is 65.7 Å². The first-order valence-corrected chi connectivity index (χ1v) is 6.52. The molecule has 2 aromatic rings. The van der Waals surface area contributed by atoms with Gasteiger partial charge in [0, 0.05) is 17.8 Å². The van der Waals surface area contributed by atoms with Crippen LogP contribution in [0.2, 0.25) is 0 Å². The maximum absolute atomic E-state index is 12.6. The van der Waals surface area contributed by atoms with E-state index in [2.05, 4.69) is 10.5 Å². The molecule has 0 aromatic heterocycles. The highest BCUT2D eigenvalue weighted by molar-refractivity contribution is 6.48. The number of rotatable bonds is 3. The third-order valence-electron chi connectivity index (χ3n) is 3.46. The van der Waals surface area contributed by atoms with Crippen molar-refractivity contribution in [1.29, 1.82) is 0 Å². The Morgan fingerprint density at radius 3 is 2.55 bits per heavy atom. The van der Waals surface area contributed by atoms with E-state index >= 15 is 0 Å². The largest absolute Gasteiger partial charge is 0.398 e. The summed E-state index contributed by atoms with van der Waals surface area (Å²) in [4.78, 5) is 12.6. The van der Waals surface area contributed by atoms with Crippen molar-refractivity contribution in [2.24, 2.45) is 5.10 Å². The van der Waals surface area contributed by atoms with Gasteiger partial charge in [0.05, 0.1) is 5.92 Å². The molecule has 0 radical (unpaired) electrons. The number of Topliss-reactive ketones (excluding diaryl/α,β-unsaturated/α-hetero) is 1. The molecule has 1 heterocycles. The van der Waals surface area contributed by atoms with Crippen molar-refractivity contribution in [3.8, 4) is 0 Å². The van der Waals surface area contributed by atoms with Crippen LogP contribution in [-0.4, -0.2) is 18.0 Å². The Hall–Kier alpha value is -2.62. The minimum Gasteiger partial charge on any atom is -0.398 e. The number of anilines is 1. The van der Waals surface area contributed by atoms with Gasteiger partial charge in [-0.2, -0.15) is 5.10 Å². The Morgan fingerprint density at radius 2 is 1.80 bits per heavy atom. The molecular weight excluding hydrogens is 250 g/mol. The number of nitrogens with zero attached hydrogens (tertiary/aromatic N) is 1. The highest BCUT2D eigenvalue weighted by Crippen LogP contribution is 2.24. The van der Waals surface area contributed by atoms with E-state index in [1.165, 1.54) is 0 Å². The molecule has 0 fully saturated rings. The third kappa shape index (κ3) is 2.16. The average molecular weight is 265 g/mol. The van der Waals surface area contributed by atoms with E-state index in [9.17, 15) is 4.79 Å². The van der Waals surface area contributed by atoms with E-state index in [0.29, 0.717) is 23.5 Å². The summed E-state index contributed by atoms with van der Waals surface area (Å²) in [5.74, 6) is -0.134. The summed E-state index contributed by atoms with van der Waals surface area (Å²) < 4.78 is 0. The van der Waals surface area contributed by atoms with Gasteiger partial charge in [-0.05, 0) is 17.7 Å². The Balaban J connectivity index is 1.94. The Morgan fingerprint density at radius 1 is 1.10 bits per heavy atom. The molecule has 0 bridgehead atoms. The quantitative estimate of drug-likeness (QED) is 0.660. The molecule has 1 unspecified atom stereocenters. The lowest BCUT2D eigenvalue weighted by molar-refractivity contribution is 0.106. The summed E-state index contributed by atoms with van der Waals surface area (Å²) in [6, 6.07) is 17.0. The lowest BCUT2D eigenvalue weighted by Gasteiger charge is -2.12. The van der Waals surface area contributed by atoms with Gasteiger partial charge < -0.3 is 11.2 Å². The summed E-state index contributed by atoms with van der Waals surface area (Å²) in [6.07, 6.45) is 0. The second-order valence-corrected chi connectivity index (χ2v) is 4.74. The molecule has 3 N–H and O–H groups in total. The Kier molecular flexibility index (Phi) is 3.21. The fourth-order valence-electron chi connectivity index (χ4n) is 2.41. The van der Waals surface area contributed by atoms with Gasteiger partial charge in [-0.15, -0.1) is 0 Å². The molecule has 1 aliphatic heterocycles. The smallest absolute Gasteiger partial charge is 0.211 e. The number of hydrogen-bond donors (Lipinski definition) is 2. The van der Waals surface area contributed by atoms with Gasteiger partial charge in [0.2, 0.25) is 5.78 Å². The van der Waals surface area contributed by atoms with E-state index in [0.717, 1.165) is 5.56 Å². The highest BCUT2D eigenvalue weighted by Gasteiger charge is 2.30. The average Bonchev–Trinajstić information content (AvgIpc) is 2.97. The van der Waals surface area contributed by atoms with Crippen molar-refractivity contribution in [1.82, 2.24) is 5.43 Å². The molecule has 1 aliphatic rings. The summed E-state index contributed by atoms with van der Waals surface area (Å²) in [5, 5.41) is 4.17. The predicted octanol–water partition coefficient (Wildman–Crippen LogP) is 2.19. The lowest BCUT2D eigenvalue weighted by Crippen LogP contribution is -2.22. The summed E-state index contributed by atoms with van der Waals surface area (Å²) in [5.41, 5.74) is 11.4. The molecule has 0 aliphatic carbocycles. The molecule has 1 atom stereocenters. The van der Waals surface area contributed by atoms with Crippen LogP contribution < -0.4 is 11.2 Å². The Bertz CT molecular complexity index is 664. The fourth-order valence-corrected chi connectivity index (χ4v) is 2.41. The van der Waals surface area contributed by atoms with E-state index in [1.807, 2.05) is 42.5 Å². The first-order valence-electron chi connectivity index (χ1n) is 6.52. The predicted molar refractivity (Wildman–Crippen MR) is 79.8 cm³/mol. The van der Waals surface area contributed by atoms with Crippen molar-refractivity contribution in [2.75, 3.05) is 12.3 Å². The second-order valence-electron chi connectivity index (χ2n) is 4.74. The fraction of sp³-hybridized carbons (Fsp3) is 0.125. The van der Waals surface area contributed by atoms with Crippen molar-refractivity contribution >= 4 is 17.2 Å². The van der Waals surface area contributed by atoms with Gasteiger partial charge in [0.1, 0.15) is 5.71 Å². The number of nitrogens with two attached hydrogens (primary N) is 1. The molecule has 4 heteroatoms. The topological polar surface area (TPSA) is 67.5 Å². The number of benzene rings is 2. The van der Waals surface area contributed by atoms with Crippen molar-refractivity contribution in [3.63, 3.8) is 0 Å². The van der Waals surface area contributed by atoms with Gasteiger partial charge in [-0.25, -0.2) is 0 Å². The first-order chi connectivity index (χ1) is 9.77. The van der Waals surface area contributed by atoms with Crippen LogP contribution in [-0.2, 0) is 0 Å². The van der Waals surface area contributed by atoms with Gasteiger partial charge >= 0.3 is 0 Å². The summed E-state index contributed by atoms with van der Waals surface area (Å²) in [6.45, 7) is 0.637. The number of hydrogen-bond acceptors (Lipinski definition) is 4. The van der Waals surface area contributed by atoms with Crippen LogP contribution in [0.3, 0.4) is 0 Å². The van der Waals surface area contributed by atoms with E-state index in [1.54, 1.807) is 12.1 Å². The van der Waals surface area contributed by atoms with E-state index in [-0.39, 0.29) is 11.7 Å². The molecule has 0 amide bonds. The van der Waals surface area contributed by atoms with Crippen molar-refractivity contribution in [2.45, 2.75) is 5.92 Å².